The molecule has 0 aliphatic heterocycles. The molecule has 0 amide bonds. The zero-order valence-electron chi connectivity index (χ0n) is 9.25. The Balaban J connectivity index is 1.83. The maximum Gasteiger partial charge on any atom is 0.138 e. The molecule has 0 aliphatic carbocycles. The lowest BCUT2D eigenvalue weighted by Crippen LogP contribution is -1.93. The van der Waals surface area contributed by atoms with Gasteiger partial charge in [-0.15, -0.1) is 0 Å². The molecular weight excluding hydrogens is 252 g/mol. The predicted octanol–water partition coefficient (Wildman–Crippen LogP) is 2.66. The number of rotatable bonds is 4. The summed E-state index contributed by atoms with van der Waals surface area (Å²) in [5.74, 6) is 0. The van der Waals surface area contributed by atoms with Crippen LogP contribution in [0.2, 0.25) is 0 Å². The van der Waals surface area contributed by atoms with Gasteiger partial charge in [0.15, 0.2) is 0 Å². The molecule has 1 heterocycles. The Morgan fingerprint density at radius 3 is 2.82 bits per heavy atom. The van der Waals surface area contributed by atoms with Gasteiger partial charge in [-0.1, -0.05) is 29.0 Å². The number of aromatic nitrogens is 1. The number of nitrogens with zero attached hydrogens (tertiary/aromatic N) is 2. The van der Waals surface area contributed by atoms with E-state index in [1.807, 2.05) is 12.1 Å². The molecule has 0 saturated heterocycles. The van der Waals surface area contributed by atoms with Crippen molar-refractivity contribution < 1.29 is 0 Å². The van der Waals surface area contributed by atoms with Crippen LogP contribution in [0.25, 0.3) is 0 Å². The second kappa shape index (κ2) is 5.70. The van der Waals surface area contributed by atoms with E-state index in [1.54, 1.807) is 12.4 Å². The van der Waals surface area contributed by atoms with Crippen molar-refractivity contribution in [3.05, 3.63) is 41.0 Å². The predicted molar refractivity (Wildman–Crippen MR) is 74.3 cm³/mol. The van der Waals surface area contributed by atoms with E-state index in [0.29, 0.717) is 5.00 Å². The highest BCUT2D eigenvalue weighted by Crippen LogP contribution is 2.15. The van der Waals surface area contributed by atoms with Crippen molar-refractivity contribution in [1.82, 2.24) is 9.82 Å². The van der Waals surface area contributed by atoms with E-state index in [0.717, 1.165) is 9.90 Å². The van der Waals surface area contributed by atoms with Crippen molar-refractivity contribution in [2.75, 3.05) is 5.73 Å². The number of aryl methyl sites for hydroxylation is 1. The zero-order chi connectivity index (χ0) is 12.1. The minimum Gasteiger partial charge on any atom is -0.389 e. The number of benzene rings is 1. The van der Waals surface area contributed by atoms with Crippen LogP contribution in [0.5, 0.6) is 0 Å². The van der Waals surface area contributed by atoms with Gasteiger partial charge in [0.05, 0.1) is 12.4 Å². The summed E-state index contributed by atoms with van der Waals surface area (Å²) in [6, 6.07) is 8.22. The van der Waals surface area contributed by atoms with Gasteiger partial charge in [0.1, 0.15) is 10.0 Å². The monoisotopic (exact) mass is 264 g/mol. The van der Waals surface area contributed by atoms with E-state index in [2.05, 4.69) is 34.0 Å². The standard InChI is InChI=1S/C11H12N4S2/c1-8-2-4-9(5-3-8)17-15-14-7-11-13-6-10(12)16-11/h2-7,15H,12H2,1H3/b14-7+. The number of hydrazone groups is 1. The molecule has 2 rings (SSSR count). The zero-order valence-corrected chi connectivity index (χ0v) is 10.9. The smallest absolute Gasteiger partial charge is 0.138 e. The molecular formula is C11H12N4S2. The van der Waals surface area contributed by atoms with E-state index in [-0.39, 0.29) is 0 Å². The molecule has 1 aromatic heterocycles. The summed E-state index contributed by atoms with van der Waals surface area (Å²) in [5, 5.41) is 5.54. The molecule has 6 heteroatoms. The molecule has 0 bridgehead atoms. The van der Waals surface area contributed by atoms with Gasteiger partial charge in [-0.05, 0) is 19.1 Å². The van der Waals surface area contributed by atoms with Crippen LogP contribution in [-0.4, -0.2) is 11.2 Å². The van der Waals surface area contributed by atoms with Gasteiger partial charge in [0.2, 0.25) is 0 Å². The first-order valence-corrected chi connectivity index (χ1v) is 6.60. The molecule has 0 spiro atoms. The number of nitrogens with one attached hydrogen (secondary N) is 1. The van der Waals surface area contributed by atoms with Crippen LogP contribution >= 0.6 is 23.3 Å². The third-order valence-corrected chi connectivity index (χ3v) is 3.42. The van der Waals surface area contributed by atoms with Gasteiger partial charge in [-0.3, -0.25) is 0 Å². The van der Waals surface area contributed by atoms with E-state index in [9.17, 15) is 0 Å². The molecule has 0 fully saturated rings. The largest absolute Gasteiger partial charge is 0.389 e. The van der Waals surface area contributed by atoms with Crippen LogP contribution in [0.1, 0.15) is 10.6 Å². The Morgan fingerprint density at radius 1 is 1.41 bits per heavy atom. The van der Waals surface area contributed by atoms with E-state index < -0.39 is 0 Å². The summed E-state index contributed by atoms with van der Waals surface area (Å²) in [6.45, 7) is 2.06. The molecule has 2 aromatic rings. The Morgan fingerprint density at radius 2 is 2.18 bits per heavy atom. The van der Waals surface area contributed by atoms with Crippen molar-refractivity contribution in [1.29, 1.82) is 0 Å². The van der Waals surface area contributed by atoms with Crippen LogP contribution in [-0.2, 0) is 0 Å². The van der Waals surface area contributed by atoms with E-state index in [1.165, 1.54) is 28.8 Å². The van der Waals surface area contributed by atoms with E-state index >= 15 is 0 Å². The van der Waals surface area contributed by atoms with Gasteiger partial charge in [0.25, 0.3) is 0 Å². The number of thiazole rings is 1. The molecule has 0 unspecified atom stereocenters. The fourth-order valence-corrected chi connectivity index (χ4v) is 2.17. The summed E-state index contributed by atoms with van der Waals surface area (Å²) >= 11 is 2.86. The fraction of sp³-hybridized carbons (Fsp3) is 0.0909. The second-order valence-electron chi connectivity index (χ2n) is 3.37. The maximum absolute atomic E-state index is 5.56. The summed E-state index contributed by atoms with van der Waals surface area (Å²) in [6.07, 6.45) is 3.28. The summed E-state index contributed by atoms with van der Waals surface area (Å²) < 4.78 is 0. The molecule has 1 aromatic carbocycles. The normalized spacial score (nSPS) is 10.9. The Bertz CT molecular complexity index is 504. The molecule has 3 N–H and O–H groups in total. The Hall–Kier alpha value is -1.53. The minimum atomic E-state index is 0.692. The van der Waals surface area contributed by atoms with Crippen molar-refractivity contribution in [2.45, 2.75) is 11.8 Å². The highest BCUT2D eigenvalue weighted by atomic mass is 32.2. The van der Waals surface area contributed by atoms with Crippen LogP contribution < -0.4 is 10.6 Å². The number of anilines is 1. The topological polar surface area (TPSA) is 63.3 Å². The lowest BCUT2D eigenvalue weighted by Gasteiger charge is -1.99. The molecule has 88 valence electrons. The van der Waals surface area contributed by atoms with Crippen LogP contribution in [0, 0.1) is 6.92 Å². The number of hydrogen-bond donors (Lipinski definition) is 2. The van der Waals surface area contributed by atoms with Gasteiger partial charge in [-0.25, -0.2) is 9.82 Å². The summed E-state index contributed by atoms with van der Waals surface area (Å²) in [4.78, 5) is 8.07. The third-order valence-electron chi connectivity index (χ3n) is 1.95. The molecule has 0 radical (unpaired) electrons. The number of hydrogen-bond acceptors (Lipinski definition) is 6. The van der Waals surface area contributed by atoms with Crippen LogP contribution in [0.3, 0.4) is 0 Å². The second-order valence-corrected chi connectivity index (χ2v) is 5.32. The maximum atomic E-state index is 5.56. The fourth-order valence-electron chi connectivity index (χ4n) is 1.13. The van der Waals surface area contributed by atoms with Crippen LogP contribution in [0.15, 0.2) is 40.5 Å². The van der Waals surface area contributed by atoms with Crippen LogP contribution in [0.4, 0.5) is 5.00 Å². The van der Waals surface area contributed by atoms with Gasteiger partial charge in [-0.2, -0.15) is 5.10 Å². The van der Waals surface area contributed by atoms with Crippen molar-refractivity contribution in [2.24, 2.45) is 5.10 Å². The average molecular weight is 264 g/mol. The Labute approximate surface area is 108 Å². The molecule has 0 aliphatic rings. The first kappa shape index (κ1) is 11.9. The molecule has 17 heavy (non-hydrogen) atoms. The van der Waals surface area contributed by atoms with Crippen molar-refractivity contribution in [3.8, 4) is 0 Å². The third kappa shape index (κ3) is 3.76. The minimum absolute atomic E-state index is 0.692. The van der Waals surface area contributed by atoms with E-state index in [4.69, 9.17) is 5.73 Å². The molecule has 4 nitrogen and oxygen atoms in total. The van der Waals surface area contributed by atoms with Gasteiger partial charge < -0.3 is 5.73 Å². The van der Waals surface area contributed by atoms with Gasteiger partial charge >= 0.3 is 0 Å². The number of nitrogens with two attached hydrogens (primary N) is 1. The lowest BCUT2D eigenvalue weighted by molar-refractivity contribution is 1.12. The number of nitrogen functional groups attached to an aromatic ring is 1. The van der Waals surface area contributed by atoms with Crippen molar-refractivity contribution in [3.63, 3.8) is 0 Å². The quantitative estimate of drug-likeness (QED) is 0.506. The van der Waals surface area contributed by atoms with Gasteiger partial charge in [0, 0.05) is 16.8 Å². The average Bonchev–Trinajstić information content (AvgIpc) is 2.73. The van der Waals surface area contributed by atoms with Crippen molar-refractivity contribution >= 4 is 34.5 Å². The first-order chi connectivity index (χ1) is 8.24. The summed E-state index contributed by atoms with van der Waals surface area (Å²) in [5.41, 5.74) is 6.80. The Kier molecular flexibility index (Phi) is 4.00. The first-order valence-electron chi connectivity index (χ1n) is 4.97. The highest BCUT2D eigenvalue weighted by Gasteiger charge is 1.94. The lowest BCUT2D eigenvalue weighted by atomic mass is 10.2. The summed E-state index contributed by atoms with van der Waals surface area (Å²) in [7, 11) is 0. The highest BCUT2D eigenvalue weighted by molar-refractivity contribution is 7.97. The SMILES string of the molecule is Cc1ccc(SN/N=C/c2ncc(N)s2)cc1. The molecule has 0 saturated carbocycles. The molecule has 0 atom stereocenters.